The predicted octanol–water partition coefficient (Wildman–Crippen LogP) is 5.66. The molecule has 1 atom stereocenters. The highest BCUT2D eigenvalue weighted by molar-refractivity contribution is 7.07. The van der Waals surface area contributed by atoms with Gasteiger partial charge in [-0.15, -0.1) is 0 Å². The molecule has 0 aliphatic carbocycles. The molecule has 5 aromatic rings. The number of benzene rings is 4. The van der Waals surface area contributed by atoms with Crippen LogP contribution in [0.5, 0.6) is 11.5 Å². The van der Waals surface area contributed by atoms with E-state index < -0.39 is 12.0 Å². The van der Waals surface area contributed by atoms with Crippen molar-refractivity contribution in [3.05, 3.63) is 156 Å². The molecule has 0 spiro atoms. The highest BCUT2D eigenvalue weighted by Gasteiger charge is 2.35. The molecule has 1 aliphatic rings. The van der Waals surface area contributed by atoms with Crippen LogP contribution in [0.3, 0.4) is 0 Å². The maximum atomic E-state index is 14.4. The number of thiazole rings is 1. The summed E-state index contributed by atoms with van der Waals surface area (Å²) in [6.45, 7) is 1.88. The van der Waals surface area contributed by atoms with E-state index in [4.69, 9.17) is 19.2 Å². The van der Waals surface area contributed by atoms with Crippen molar-refractivity contribution in [3.63, 3.8) is 0 Å². The van der Waals surface area contributed by atoms with Crippen molar-refractivity contribution in [1.82, 2.24) is 4.57 Å². The van der Waals surface area contributed by atoms with E-state index in [0.29, 0.717) is 37.7 Å². The van der Waals surface area contributed by atoms with Gasteiger partial charge in [-0.25, -0.2) is 14.2 Å². The Labute approximate surface area is 262 Å². The topological polar surface area (TPSA) is 79.1 Å². The zero-order valence-electron chi connectivity index (χ0n) is 24.6. The third-order valence-electron chi connectivity index (χ3n) is 7.33. The van der Waals surface area contributed by atoms with Crippen LogP contribution in [0, 0.1) is 5.82 Å². The van der Waals surface area contributed by atoms with Crippen LogP contribution in [0.2, 0.25) is 0 Å². The fraction of sp³-hybridized carbons (Fsp3) is 0.139. The van der Waals surface area contributed by atoms with Crippen LogP contribution >= 0.6 is 11.3 Å². The molecule has 0 amide bonds. The van der Waals surface area contributed by atoms with Crippen LogP contribution in [0.4, 0.5) is 4.39 Å². The lowest BCUT2D eigenvalue weighted by Gasteiger charge is -2.25. The number of fused-ring (bicyclic) bond motifs is 1. The Balaban J connectivity index is 1.55. The van der Waals surface area contributed by atoms with Gasteiger partial charge in [-0.2, -0.15) is 0 Å². The Morgan fingerprint density at radius 3 is 2.38 bits per heavy atom. The van der Waals surface area contributed by atoms with Crippen LogP contribution in [-0.4, -0.2) is 24.3 Å². The van der Waals surface area contributed by atoms with Gasteiger partial charge in [-0.3, -0.25) is 9.36 Å². The lowest BCUT2D eigenvalue weighted by Crippen LogP contribution is -2.40. The molecule has 0 unspecified atom stereocenters. The minimum atomic E-state index is -0.777. The molecule has 4 aromatic carbocycles. The number of rotatable bonds is 9. The molecule has 45 heavy (non-hydrogen) atoms. The number of ether oxygens (including phenoxy) is 3. The molecule has 0 saturated carbocycles. The lowest BCUT2D eigenvalue weighted by molar-refractivity contribution is -0.138. The van der Waals surface area contributed by atoms with E-state index in [1.807, 2.05) is 60.7 Å². The smallest absolute Gasteiger partial charge is 0.338 e. The Morgan fingerprint density at radius 2 is 1.67 bits per heavy atom. The average Bonchev–Trinajstić information content (AvgIpc) is 3.38. The second-order valence-corrected chi connectivity index (χ2v) is 11.1. The van der Waals surface area contributed by atoms with E-state index in [1.54, 1.807) is 54.0 Å². The minimum absolute atomic E-state index is 0.0352. The van der Waals surface area contributed by atoms with E-state index in [1.165, 1.54) is 24.5 Å². The summed E-state index contributed by atoms with van der Waals surface area (Å²) < 4.78 is 33.5. The first-order chi connectivity index (χ1) is 22.0. The number of carbonyl (C=O) groups is 1. The molecule has 0 saturated heterocycles. The maximum Gasteiger partial charge on any atom is 0.338 e. The number of hydrogen-bond donors (Lipinski definition) is 0. The van der Waals surface area contributed by atoms with Crippen LogP contribution < -0.4 is 24.4 Å². The van der Waals surface area contributed by atoms with E-state index in [-0.39, 0.29) is 30.2 Å². The zero-order valence-corrected chi connectivity index (χ0v) is 25.4. The van der Waals surface area contributed by atoms with E-state index in [2.05, 4.69) is 0 Å². The predicted molar refractivity (Wildman–Crippen MR) is 171 cm³/mol. The molecule has 0 bridgehead atoms. The summed E-state index contributed by atoms with van der Waals surface area (Å²) >= 11 is 1.21. The molecule has 0 N–H and O–H groups in total. The quantitative estimate of drug-likeness (QED) is 0.199. The highest BCUT2D eigenvalue weighted by Crippen LogP contribution is 2.36. The number of nitrogens with zero attached hydrogens (tertiary/aromatic N) is 2. The van der Waals surface area contributed by atoms with Crippen molar-refractivity contribution in [2.24, 2.45) is 4.99 Å². The van der Waals surface area contributed by atoms with E-state index in [9.17, 15) is 14.0 Å². The van der Waals surface area contributed by atoms with Crippen molar-refractivity contribution in [2.45, 2.75) is 19.6 Å². The normalized spacial score (nSPS) is 14.5. The van der Waals surface area contributed by atoms with Gasteiger partial charge < -0.3 is 14.2 Å². The first kappa shape index (κ1) is 29.8. The monoisotopic (exact) mass is 620 g/mol. The summed E-state index contributed by atoms with van der Waals surface area (Å²) in [7, 11) is 1.52. The summed E-state index contributed by atoms with van der Waals surface area (Å²) in [6, 6.07) is 29.7. The van der Waals surface area contributed by atoms with Crippen molar-refractivity contribution in [2.75, 3.05) is 13.7 Å². The number of methoxy groups -OCH3 is 1. The Morgan fingerprint density at radius 1 is 0.956 bits per heavy atom. The summed E-state index contributed by atoms with van der Waals surface area (Å²) in [5.41, 5.74) is 2.83. The Kier molecular flexibility index (Phi) is 8.70. The molecule has 2 heterocycles. The molecule has 9 heteroatoms. The lowest BCUT2D eigenvalue weighted by atomic mass is 9.93. The average molecular weight is 621 g/mol. The molecule has 1 aliphatic heterocycles. The summed E-state index contributed by atoms with van der Waals surface area (Å²) in [6.07, 6.45) is 1.71. The molecule has 0 radical (unpaired) electrons. The molecule has 0 fully saturated rings. The molecular weight excluding hydrogens is 591 g/mol. The number of para-hydroxylation sites is 1. The van der Waals surface area contributed by atoms with Crippen LogP contribution in [-0.2, 0) is 16.1 Å². The van der Waals surface area contributed by atoms with Crippen molar-refractivity contribution >= 4 is 29.1 Å². The first-order valence-corrected chi connectivity index (χ1v) is 15.2. The number of carbonyl (C=O) groups excluding carboxylic acids is 1. The van der Waals surface area contributed by atoms with Gasteiger partial charge in [0, 0.05) is 16.7 Å². The standard InChI is InChI=1S/C36H29FN2O5S/c1-3-43-35(41)30-31(23-13-6-4-7-14-23)38-36-39(32(30)24-15-8-5-9-16-24)34(40)29(45-36)21-25-18-12-20-28(42-2)33(25)44-22-26-17-10-11-19-27(26)37/h4-21,32H,3,22H2,1-2H3/b29-21-/t32-/m1/s1. The van der Waals surface area contributed by atoms with Gasteiger partial charge in [0.1, 0.15) is 12.4 Å². The molecule has 6 rings (SSSR count). The van der Waals surface area contributed by atoms with Crippen molar-refractivity contribution < 1.29 is 23.4 Å². The Hall–Kier alpha value is -5.28. The summed E-state index contributed by atoms with van der Waals surface area (Å²) in [5, 5.41) is 0. The number of aromatic nitrogens is 1. The van der Waals surface area contributed by atoms with Crippen molar-refractivity contribution in [3.8, 4) is 11.5 Å². The molecular formula is C36H29FN2O5S. The largest absolute Gasteiger partial charge is 0.493 e. The van der Waals surface area contributed by atoms with Crippen LogP contribution in [0.25, 0.3) is 11.8 Å². The number of hydrogen-bond acceptors (Lipinski definition) is 7. The Bertz CT molecular complexity index is 2070. The second-order valence-electron chi connectivity index (χ2n) is 10.1. The molecule has 7 nitrogen and oxygen atoms in total. The fourth-order valence-electron chi connectivity index (χ4n) is 5.26. The van der Waals surface area contributed by atoms with Gasteiger partial charge in [0.2, 0.25) is 0 Å². The molecule has 226 valence electrons. The van der Waals surface area contributed by atoms with Gasteiger partial charge in [0.25, 0.3) is 5.56 Å². The first-order valence-electron chi connectivity index (χ1n) is 14.4. The van der Waals surface area contributed by atoms with E-state index in [0.717, 1.165) is 11.1 Å². The highest BCUT2D eigenvalue weighted by atomic mass is 32.1. The van der Waals surface area contributed by atoms with Gasteiger partial charge in [-0.1, -0.05) is 102 Å². The van der Waals surface area contributed by atoms with Crippen LogP contribution in [0.15, 0.2) is 118 Å². The maximum absolute atomic E-state index is 14.4. The number of halogens is 1. The van der Waals surface area contributed by atoms with Gasteiger partial charge >= 0.3 is 5.97 Å². The third kappa shape index (κ3) is 5.94. The van der Waals surface area contributed by atoms with Gasteiger partial charge in [0.05, 0.1) is 35.6 Å². The van der Waals surface area contributed by atoms with Crippen LogP contribution in [0.1, 0.15) is 35.2 Å². The van der Waals surface area contributed by atoms with Gasteiger partial charge in [-0.05, 0) is 30.7 Å². The molecule has 1 aromatic heterocycles. The summed E-state index contributed by atoms with van der Waals surface area (Å²) in [4.78, 5) is 33.2. The number of esters is 1. The second kappa shape index (κ2) is 13.2. The van der Waals surface area contributed by atoms with E-state index >= 15 is 0 Å². The van der Waals surface area contributed by atoms with Crippen molar-refractivity contribution in [1.29, 1.82) is 0 Å². The SMILES string of the molecule is CCOC(=O)C1=C(c2ccccc2)N=c2s/c(=C\c3cccc(OC)c3OCc3ccccc3F)c(=O)n2[C@@H]1c1ccccc1. The fourth-order valence-corrected chi connectivity index (χ4v) is 6.25. The summed E-state index contributed by atoms with van der Waals surface area (Å²) in [5.74, 6) is -0.119. The minimum Gasteiger partial charge on any atom is -0.493 e. The third-order valence-corrected chi connectivity index (χ3v) is 8.32. The van der Waals surface area contributed by atoms with Gasteiger partial charge in [0.15, 0.2) is 16.3 Å². The zero-order chi connectivity index (χ0) is 31.3.